The summed E-state index contributed by atoms with van der Waals surface area (Å²) in [5, 5.41) is 0. The molecule has 0 bridgehead atoms. The first-order valence-electron chi connectivity index (χ1n) is 4.37. The Morgan fingerprint density at radius 2 is 2.07 bits per heavy atom. The van der Waals surface area contributed by atoms with E-state index in [2.05, 4.69) is 15.9 Å². The molecular weight excluding hydrogens is 260 g/mol. The zero-order valence-electron chi connectivity index (χ0n) is 8.50. The molecule has 0 aliphatic rings. The fraction of sp³-hybridized carbons (Fsp3) is 0.364. The summed E-state index contributed by atoms with van der Waals surface area (Å²) in [5.41, 5.74) is -0.287. The third-order valence-electron chi connectivity index (χ3n) is 1.73. The average Bonchev–Trinajstić information content (AvgIpc) is 2.45. The molecule has 0 radical (unpaired) electrons. The van der Waals surface area contributed by atoms with Crippen molar-refractivity contribution < 1.29 is 4.79 Å². The van der Waals surface area contributed by atoms with Crippen molar-refractivity contribution in [2.24, 2.45) is 5.41 Å². The summed E-state index contributed by atoms with van der Waals surface area (Å²) < 4.78 is 1.08. The standard InChI is InChI=1S/C11H13BrOS/c1-11(2,3)9(13)6-4-8-5-7-10(12)14-8/h4-7H,1-3H3. The first-order valence-corrected chi connectivity index (χ1v) is 5.98. The van der Waals surface area contributed by atoms with Gasteiger partial charge < -0.3 is 0 Å². The molecule has 76 valence electrons. The minimum absolute atomic E-state index is 0.155. The zero-order valence-corrected chi connectivity index (χ0v) is 10.9. The van der Waals surface area contributed by atoms with Crippen LogP contribution in [0.3, 0.4) is 0 Å². The van der Waals surface area contributed by atoms with Crippen LogP contribution in [-0.4, -0.2) is 5.78 Å². The molecule has 1 heterocycles. The quantitative estimate of drug-likeness (QED) is 0.740. The highest BCUT2D eigenvalue weighted by Gasteiger charge is 2.17. The molecule has 0 aliphatic heterocycles. The second kappa shape index (κ2) is 4.41. The topological polar surface area (TPSA) is 17.1 Å². The minimum atomic E-state index is -0.287. The maximum absolute atomic E-state index is 11.6. The van der Waals surface area contributed by atoms with Crippen LogP contribution in [0.2, 0.25) is 0 Å². The average molecular weight is 273 g/mol. The summed E-state index contributed by atoms with van der Waals surface area (Å²) in [6.45, 7) is 5.76. The summed E-state index contributed by atoms with van der Waals surface area (Å²) in [7, 11) is 0. The predicted octanol–water partition coefficient (Wildman–Crippen LogP) is 4.14. The van der Waals surface area contributed by atoms with E-state index in [0.717, 1.165) is 8.66 Å². The lowest BCUT2D eigenvalue weighted by molar-refractivity contribution is -0.121. The van der Waals surface area contributed by atoms with Crippen molar-refractivity contribution in [2.75, 3.05) is 0 Å². The smallest absolute Gasteiger partial charge is 0.161 e. The summed E-state index contributed by atoms with van der Waals surface area (Å²) in [6.07, 6.45) is 3.52. The summed E-state index contributed by atoms with van der Waals surface area (Å²) in [5.74, 6) is 0.155. The van der Waals surface area contributed by atoms with Crippen molar-refractivity contribution >= 4 is 39.1 Å². The van der Waals surface area contributed by atoms with Crippen molar-refractivity contribution in [3.8, 4) is 0 Å². The molecule has 1 rings (SSSR count). The summed E-state index contributed by atoms with van der Waals surface area (Å²) >= 11 is 5.00. The molecule has 0 saturated heterocycles. The van der Waals surface area contributed by atoms with Gasteiger partial charge in [-0.1, -0.05) is 20.8 Å². The third-order valence-corrected chi connectivity index (χ3v) is 3.32. The number of ketones is 1. The van der Waals surface area contributed by atoms with Gasteiger partial charge in [-0.05, 0) is 40.2 Å². The van der Waals surface area contributed by atoms with Gasteiger partial charge in [-0.15, -0.1) is 11.3 Å². The number of rotatable bonds is 2. The number of allylic oxidation sites excluding steroid dienone is 1. The molecule has 0 atom stereocenters. The van der Waals surface area contributed by atoms with Crippen molar-refractivity contribution in [1.82, 2.24) is 0 Å². The molecule has 1 nitrogen and oxygen atoms in total. The van der Waals surface area contributed by atoms with Gasteiger partial charge in [0.25, 0.3) is 0 Å². The molecule has 0 saturated carbocycles. The van der Waals surface area contributed by atoms with Crippen molar-refractivity contribution in [2.45, 2.75) is 20.8 Å². The Morgan fingerprint density at radius 1 is 1.43 bits per heavy atom. The number of carbonyl (C=O) groups excluding carboxylic acids is 1. The van der Waals surface area contributed by atoms with Gasteiger partial charge in [-0.2, -0.15) is 0 Å². The Kier molecular flexibility index (Phi) is 3.67. The van der Waals surface area contributed by atoms with Crippen LogP contribution >= 0.6 is 27.3 Å². The Morgan fingerprint density at radius 3 is 2.50 bits per heavy atom. The van der Waals surface area contributed by atoms with Crippen LogP contribution < -0.4 is 0 Å². The van der Waals surface area contributed by atoms with Gasteiger partial charge in [0.15, 0.2) is 5.78 Å². The molecule has 1 aromatic heterocycles. The van der Waals surface area contributed by atoms with Gasteiger partial charge >= 0.3 is 0 Å². The van der Waals surface area contributed by atoms with E-state index in [0.29, 0.717) is 0 Å². The zero-order chi connectivity index (χ0) is 10.8. The van der Waals surface area contributed by atoms with Crippen LogP contribution in [0.5, 0.6) is 0 Å². The number of hydrogen-bond donors (Lipinski definition) is 0. The van der Waals surface area contributed by atoms with E-state index in [9.17, 15) is 4.79 Å². The highest BCUT2D eigenvalue weighted by molar-refractivity contribution is 9.11. The summed E-state index contributed by atoms with van der Waals surface area (Å²) in [4.78, 5) is 12.6. The maximum atomic E-state index is 11.6. The van der Waals surface area contributed by atoms with Crippen molar-refractivity contribution in [3.05, 3.63) is 26.9 Å². The Bertz CT molecular complexity index is 358. The van der Waals surface area contributed by atoms with Gasteiger partial charge in [-0.25, -0.2) is 0 Å². The fourth-order valence-electron chi connectivity index (χ4n) is 0.826. The second-order valence-corrected chi connectivity index (χ2v) is 6.58. The van der Waals surface area contributed by atoms with E-state index in [4.69, 9.17) is 0 Å². The van der Waals surface area contributed by atoms with Crippen LogP contribution in [0, 0.1) is 5.41 Å². The molecular formula is C11H13BrOS. The van der Waals surface area contributed by atoms with Gasteiger partial charge in [0.1, 0.15) is 0 Å². The molecule has 1 aromatic rings. The van der Waals surface area contributed by atoms with E-state index in [1.54, 1.807) is 17.4 Å². The van der Waals surface area contributed by atoms with E-state index >= 15 is 0 Å². The van der Waals surface area contributed by atoms with Crippen LogP contribution in [-0.2, 0) is 4.79 Å². The summed E-state index contributed by atoms with van der Waals surface area (Å²) in [6, 6.07) is 3.97. The molecule has 0 spiro atoms. The van der Waals surface area contributed by atoms with Crippen LogP contribution in [0.1, 0.15) is 25.6 Å². The van der Waals surface area contributed by atoms with E-state index < -0.39 is 0 Å². The normalized spacial score (nSPS) is 12.3. The lowest BCUT2D eigenvalue weighted by Gasteiger charge is -2.12. The Balaban J connectivity index is 2.70. The number of halogens is 1. The molecule has 0 aromatic carbocycles. The Labute approximate surface area is 97.0 Å². The number of thiophene rings is 1. The third kappa shape index (κ3) is 3.39. The maximum Gasteiger partial charge on any atom is 0.161 e. The van der Waals surface area contributed by atoms with Gasteiger partial charge in [0, 0.05) is 10.3 Å². The molecule has 3 heteroatoms. The minimum Gasteiger partial charge on any atom is -0.294 e. The van der Waals surface area contributed by atoms with Crippen LogP contribution in [0.25, 0.3) is 6.08 Å². The van der Waals surface area contributed by atoms with Gasteiger partial charge in [-0.3, -0.25) is 4.79 Å². The molecule has 0 unspecified atom stereocenters. The number of hydrogen-bond acceptors (Lipinski definition) is 2. The largest absolute Gasteiger partial charge is 0.294 e. The van der Waals surface area contributed by atoms with Gasteiger partial charge in [0.2, 0.25) is 0 Å². The fourth-order valence-corrected chi connectivity index (χ4v) is 2.15. The molecule has 0 aliphatic carbocycles. The highest BCUT2D eigenvalue weighted by Crippen LogP contribution is 2.24. The van der Waals surface area contributed by atoms with E-state index in [-0.39, 0.29) is 11.2 Å². The molecule has 0 amide bonds. The Hall–Kier alpha value is -0.410. The molecule has 0 N–H and O–H groups in total. The van der Waals surface area contributed by atoms with E-state index in [1.165, 1.54) is 0 Å². The van der Waals surface area contributed by atoms with Crippen LogP contribution in [0.15, 0.2) is 22.0 Å². The predicted molar refractivity (Wildman–Crippen MR) is 65.5 cm³/mol. The van der Waals surface area contributed by atoms with Crippen molar-refractivity contribution in [1.29, 1.82) is 0 Å². The SMILES string of the molecule is CC(C)(C)C(=O)C=Cc1ccc(Br)s1. The first kappa shape index (κ1) is 11.7. The first-order chi connectivity index (χ1) is 6.39. The lowest BCUT2D eigenvalue weighted by atomic mass is 9.91. The molecule has 14 heavy (non-hydrogen) atoms. The van der Waals surface area contributed by atoms with Gasteiger partial charge in [0.05, 0.1) is 3.79 Å². The lowest BCUT2D eigenvalue weighted by Crippen LogP contribution is -2.17. The van der Waals surface area contributed by atoms with Crippen molar-refractivity contribution in [3.63, 3.8) is 0 Å². The monoisotopic (exact) mass is 272 g/mol. The van der Waals surface area contributed by atoms with E-state index in [1.807, 2.05) is 39.0 Å². The highest BCUT2D eigenvalue weighted by atomic mass is 79.9. The molecule has 0 fully saturated rings. The number of carbonyl (C=O) groups is 1. The van der Waals surface area contributed by atoms with Crippen LogP contribution in [0.4, 0.5) is 0 Å². The second-order valence-electron chi connectivity index (χ2n) is 4.09.